The molecule has 0 atom stereocenters. The van der Waals surface area contributed by atoms with Crippen LogP contribution in [0.15, 0.2) is 18.2 Å². The molecule has 0 saturated heterocycles. The summed E-state index contributed by atoms with van der Waals surface area (Å²) in [7, 11) is 3.46. The van der Waals surface area contributed by atoms with E-state index in [4.69, 9.17) is 9.47 Å². The highest BCUT2D eigenvalue weighted by atomic mass is 35.5. The molecule has 0 spiro atoms. The van der Waals surface area contributed by atoms with Crippen LogP contribution < -0.4 is 20.1 Å². The molecule has 0 bridgehead atoms. The SMILES string of the molecule is CCOc1cc(NC(=O)CCCNC)ccc1OC.Cl. The summed E-state index contributed by atoms with van der Waals surface area (Å²) >= 11 is 0. The molecule has 1 amide bonds. The molecule has 1 aromatic rings. The summed E-state index contributed by atoms with van der Waals surface area (Å²) in [5, 5.41) is 5.86. The van der Waals surface area contributed by atoms with Crippen LogP contribution in [0.4, 0.5) is 5.69 Å². The average Bonchev–Trinajstić information content (AvgIpc) is 2.40. The van der Waals surface area contributed by atoms with Crippen LogP contribution in [-0.4, -0.2) is 33.2 Å². The molecule has 1 rings (SSSR count). The van der Waals surface area contributed by atoms with E-state index in [0.717, 1.165) is 18.7 Å². The van der Waals surface area contributed by atoms with E-state index in [1.807, 2.05) is 14.0 Å². The molecule has 0 aliphatic heterocycles. The second kappa shape index (κ2) is 10.3. The minimum absolute atomic E-state index is 0. The third-order valence-electron chi connectivity index (χ3n) is 2.58. The molecule has 0 heterocycles. The second-order valence-electron chi connectivity index (χ2n) is 4.05. The van der Waals surface area contributed by atoms with Crippen molar-refractivity contribution in [2.24, 2.45) is 0 Å². The van der Waals surface area contributed by atoms with Gasteiger partial charge in [0.2, 0.25) is 5.91 Å². The van der Waals surface area contributed by atoms with Crippen LogP contribution in [0, 0.1) is 0 Å². The fourth-order valence-electron chi connectivity index (χ4n) is 1.67. The van der Waals surface area contributed by atoms with Crippen LogP contribution in [0.3, 0.4) is 0 Å². The van der Waals surface area contributed by atoms with Gasteiger partial charge in [0.05, 0.1) is 13.7 Å². The van der Waals surface area contributed by atoms with Gasteiger partial charge < -0.3 is 20.1 Å². The van der Waals surface area contributed by atoms with Gasteiger partial charge in [-0.1, -0.05) is 0 Å². The van der Waals surface area contributed by atoms with E-state index in [9.17, 15) is 4.79 Å². The van der Waals surface area contributed by atoms with Crippen LogP contribution in [0.1, 0.15) is 19.8 Å². The lowest BCUT2D eigenvalue weighted by Crippen LogP contribution is -2.15. The first-order chi connectivity index (χ1) is 9.21. The molecule has 0 fully saturated rings. The van der Waals surface area contributed by atoms with E-state index in [1.54, 1.807) is 25.3 Å². The molecule has 0 aromatic heterocycles. The van der Waals surface area contributed by atoms with Crippen molar-refractivity contribution < 1.29 is 14.3 Å². The Hall–Kier alpha value is -1.46. The van der Waals surface area contributed by atoms with Crippen molar-refractivity contribution in [3.05, 3.63) is 18.2 Å². The Morgan fingerprint density at radius 1 is 1.30 bits per heavy atom. The zero-order chi connectivity index (χ0) is 14.1. The normalized spacial score (nSPS) is 9.55. The molecule has 20 heavy (non-hydrogen) atoms. The van der Waals surface area contributed by atoms with Crippen molar-refractivity contribution in [3.8, 4) is 11.5 Å². The van der Waals surface area contributed by atoms with E-state index in [-0.39, 0.29) is 18.3 Å². The molecule has 0 unspecified atom stereocenters. The largest absolute Gasteiger partial charge is 0.493 e. The quantitative estimate of drug-likeness (QED) is 0.724. The number of hydrogen-bond acceptors (Lipinski definition) is 4. The van der Waals surface area contributed by atoms with Gasteiger partial charge in [-0.3, -0.25) is 4.79 Å². The molecule has 5 nitrogen and oxygen atoms in total. The molecule has 6 heteroatoms. The molecule has 0 aliphatic rings. The van der Waals surface area contributed by atoms with Crippen LogP contribution >= 0.6 is 12.4 Å². The van der Waals surface area contributed by atoms with Gasteiger partial charge in [-0.2, -0.15) is 0 Å². The Balaban J connectivity index is 0.00000361. The van der Waals surface area contributed by atoms with Gasteiger partial charge in [-0.15, -0.1) is 12.4 Å². The van der Waals surface area contributed by atoms with Gasteiger partial charge >= 0.3 is 0 Å². The first-order valence-electron chi connectivity index (χ1n) is 6.46. The minimum atomic E-state index is 0. The average molecular weight is 303 g/mol. The summed E-state index contributed by atoms with van der Waals surface area (Å²) < 4.78 is 10.7. The predicted octanol–water partition coefficient (Wildman–Crippen LogP) is 2.45. The molecule has 114 valence electrons. The number of amides is 1. The van der Waals surface area contributed by atoms with Gasteiger partial charge in [-0.05, 0) is 39.1 Å². The Bertz CT molecular complexity index is 413. The van der Waals surface area contributed by atoms with Crippen molar-refractivity contribution in [1.82, 2.24) is 5.32 Å². The third kappa shape index (κ3) is 6.12. The highest BCUT2D eigenvalue weighted by Crippen LogP contribution is 2.30. The molecular formula is C14H23ClN2O3. The lowest BCUT2D eigenvalue weighted by atomic mass is 10.2. The third-order valence-corrected chi connectivity index (χ3v) is 2.58. The van der Waals surface area contributed by atoms with Crippen LogP contribution in [0.2, 0.25) is 0 Å². The molecule has 1 aromatic carbocycles. The van der Waals surface area contributed by atoms with Crippen molar-refractivity contribution in [2.45, 2.75) is 19.8 Å². The molecule has 2 N–H and O–H groups in total. The number of carbonyl (C=O) groups is 1. The van der Waals surface area contributed by atoms with Gasteiger partial charge in [0, 0.05) is 18.2 Å². The zero-order valence-electron chi connectivity index (χ0n) is 12.2. The predicted molar refractivity (Wildman–Crippen MR) is 83.2 cm³/mol. The Labute approximate surface area is 126 Å². The van der Waals surface area contributed by atoms with Crippen molar-refractivity contribution in [1.29, 1.82) is 0 Å². The van der Waals surface area contributed by atoms with Gasteiger partial charge in [0.25, 0.3) is 0 Å². The fourth-order valence-corrected chi connectivity index (χ4v) is 1.67. The van der Waals surface area contributed by atoms with Gasteiger partial charge in [0.15, 0.2) is 11.5 Å². The monoisotopic (exact) mass is 302 g/mol. The lowest BCUT2D eigenvalue weighted by Gasteiger charge is -2.11. The highest BCUT2D eigenvalue weighted by Gasteiger charge is 2.07. The van der Waals surface area contributed by atoms with Crippen molar-refractivity contribution in [3.63, 3.8) is 0 Å². The Morgan fingerprint density at radius 3 is 2.65 bits per heavy atom. The molecule has 0 radical (unpaired) electrons. The number of nitrogens with one attached hydrogen (secondary N) is 2. The Morgan fingerprint density at radius 2 is 2.05 bits per heavy atom. The van der Waals surface area contributed by atoms with E-state index >= 15 is 0 Å². The topological polar surface area (TPSA) is 59.6 Å². The molecule has 0 saturated carbocycles. The van der Waals surface area contributed by atoms with Crippen molar-refractivity contribution in [2.75, 3.05) is 32.6 Å². The maximum absolute atomic E-state index is 11.7. The van der Waals surface area contributed by atoms with E-state index in [2.05, 4.69) is 10.6 Å². The number of hydrogen-bond donors (Lipinski definition) is 2. The number of methoxy groups -OCH3 is 1. The van der Waals surface area contributed by atoms with Crippen molar-refractivity contribution >= 4 is 24.0 Å². The smallest absolute Gasteiger partial charge is 0.224 e. The summed E-state index contributed by atoms with van der Waals surface area (Å²) in [5.41, 5.74) is 0.721. The molecular weight excluding hydrogens is 280 g/mol. The highest BCUT2D eigenvalue weighted by molar-refractivity contribution is 5.91. The second-order valence-corrected chi connectivity index (χ2v) is 4.05. The fraction of sp³-hybridized carbons (Fsp3) is 0.500. The molecule has 0 aliphatic carbocycles. The zero-order valence-corrected chi connectivity index (χ0v) is 13.0. The summed E-state index contributed by atoms with van der Waals surface area (Å²) in [6.07, 6.45) is 1.31. The number of benzene rings is 1. The van der Waals surface area contributed by atoms with Crippen LogP contribution in [-0.2, 0) is 4.79 Å². The van der Waals surface area contributed by atoms with E-state index in [1.165, 1.54) is 0 Å². The van der Waals surface area contributed by atoms with E-state index < -0.39 is 0 Å². The van der Waals surface area contributed by atoms with Crippen LogP contribution in [0.25, 0.3) is 0 Å². The number of ether oxygens (including phenoxy) is 2. The Kier molecular flexibility index (Phi) is 9.59. The maximum atomic E-state index is 11.7. The summed E-state index contributed by atoms with van der Waals surface area (Å²) in [6.45, 7) is 3.29. The van der Waals surface area contributed by atoms with Gasteiger partial charge in [0.1, 0.15) is 0 Å². The lowest BCUT2D eigenvalue weighted by molar-refractivity contribution is -0.116. The van der Waals surface area contributed by atoms with Crippen LogP contribution in [0.5, 0.6) is 11.5 Å². The first-order valence-corrected chi connectivity index (χ1v) is 6.46. The maximum Gasteiger partial charge on any atom is 0.224 e. The minimum Gasteiger partial charge on any atom is -0.493 e. The first kappa shape index (κ1) is 18.5. The van der Waals surface area contributed by atoms with Gasteiger partial charge in [-0.25, -0.2) is 0 Å². The number of rotatable bonds is 8. The summed E-state index contributed by atoms with van der Waals surface area (Å²) in [5.74, 6) is 1.30. The number of anilines is 1. The number of carbonyl (C=O) groups excluding carboxylic acids is 1. The number of halogens is 1. The summed E-state index contributed by atoms with van der Waals surface area (Å²) in [6, 6.07) is 5.36. The van der Waals surface area contributed by atoms with E-state index in [0.29, 0.717) is 24.5 Å². The summed E-state index contributed by atoms with van der Waals surface area (Å²) in [4.78, 5) is 11.7. The standard InChI is InChI=1S/C14H22N2O3.ClH/c1-4-19-13-10-11(7-8-12(13)18-3)16-14(17)6-5-9-15-2;/h7-8,10,15H,4-6,9H2,1-3H3,(H,16,17);1H.